The fourth-order valence-electron chi connectivity index (χ4n) is 3.96. The smallest absolute Gasteiger partial charge is 0.338 e. The maximum atomic E-state index is 14.4. The lowest BCUT2D eigenvalue weighted by atomic mass is 9.71. The van der Waals surface area contributed by atoms with Crippen molar-refractivity contribution in [3.63, 3.8) is 0 Å². The highest BCUT2D eigenvalue weighted by Gasteiger charge is 2.35. The number of aromatic carboxylic acids is 1. The van der Waals surface area contributed by atoms with E-state index in [1.165, 1.54) is 0 Å². The zero-order chi connectivity index (χ0) is 22.9. The molecule has 2 aromatic carbocycles. The van der Waals surface area contributed by atoms with Crippen molar-refractivity contribution in [3.8, 4) is 11.4 Å². The molecule has 0 fully saturated rings. The van der Waals surface area contributed by atoms with E-state index in [4.69, 9.17) is 14.4 Å². The van der Waals surface area contributed by atoms with E-state index in [2.05, 4.69) is 17.1 Å². The van der Waals surface area contributed by atoms with Crippen LogP contribution in [0.1, 0.15) is 35.2 Å². The lowest BCUT2D eigenvalue weighted by Gasteiger charge is -2.34. The molecule has 32 heavy (non-hydrogen) atoms. The molecule has 4 rings (SSSR count). The van der Waals surface area contributed by atoms with E-state index in [9.17, 15) is 13.6 Å². The minimum Gasteiger partial charge on any atom is -0.478 e. The number of ether oxygens (including phenoxy) is 1. The highest BCUT2D eigenvalue weighted by molar-refractivity contribution is 5.88. The van der Waals surface area contributed by atoms with Gasteiger partial charge in [-0.15, -0.1) is 0 Å². The number of carboxylic acids is 1. The quantitative estimate of drug-likeness (QED) is 0.567. The molecule has 0 aliphatic heterocycles. The topological polar surface area (TPSA) is 85.5 Å². The SMILES string of the molecule is COCC1(C)CC(c2nc(-c3cc(F)c(C(=O)O)cc3F)no2)=CC=C1c1ccccc1. The molecule has 3 aromatic rings. The average molecular weight is 438 g/mol. The summed E-state index contributed by atoms with van der Waals surface area (Å²) in [6.07, 6.45) is 4.36. The van der Waals surface area contributed by atoms with Gasteiger partial charge in [0.2, 0.25) is 5.82 Å². The van der Waals surface area contributed by atoms with E-state index in [-0.39, 0.29) is 22.7 Å². The van der Waals surface area contributed by atoms with E-state index in [1.54, 1.807) is 7.11 Å². The predicted octanol–water partition coefficient (Wildman–Crippen LogP) is 5.24. The molecule has 6 nitrogen and oxygen atoms in total. The number of hydrogen-bond donors (Lipinski definition) is 1. The fourth-order valence-corrected chi connectivity index (χ4v) is 3.96. The Morgan fingerprint density at radius 3 is 2.62 bits per heavy atom. The molecule has 1 aliphatic carbocycles. The van der Waals surface area contributed by atoms with Crippen molar-refractivity contribution in [2.75, 3.05) is 13.7 Å². The van der Waals surface area contributed by atoms with E-state index in [0.29, 0.717) is 19.1 Å². The minimum atomic E-state index is -1.56. The number of rotatable bonds is 6. The summed E-state index contributed by atoms with van der Waals surface area (Å²) in [7, 11) is 1.63. The second-order valence-electron chi connectivity index (χ2n) is 7.85. The highest BCUT2D eigenvalue weighted by atomic mass is 19.1. The molecule has 0 spiro atoms. The van der Waals surface area contributed by atoms with Crippen LogP contribution in [0.3, 0.4) is 0 Å². The number of nitrogens with zero attached hydrogens (tertiary/aromatic N) is 2. The van der Waals surface area contributed by atoms with Crippen LogP contribution in [0.15, 0.2) is 59.1 Å². The average Bonchev–Trinajstić information content (AvgIpc) is 3.25. The third-order valence-electron chi connectivity index (χ3n) is 5.46. The van der Waals surface area contributed by atoms with Crippen molar-refractivity contribution < 1.29 is 27.9 Å². The Morgan fingerprint density at radius 1 is 1.19 bits per heavy atom. The van der Waals surface area contributed by atoms with Gasteiger partial charge in [0, 0.05) is 18.1 Å². The van der Waals surface area contributed by atoms with Crippen LogP contribution in [0.25, 0.3) is 22.5 Å². The Balaban J connectivity index is 1.70. The first kappa shape index (κ1) is 21.6. The van der Waals surface area contributed by atoms with Gasteiger partial charge in [-0.2, -0.15) is 4.98 Å². The van der Waals surface area contributed by atoms with Gasteiger partial charge in [-0.05, 0) is 29.7 Å². The van der Waals surface area contributed by atoms with Gasteiger partial charge in [-0.25, -0.2) is 13.6 Å². The Hall–Kier alpha value is -3.65. The van der Waals surface area contributed by atoms with Gasteiger partial charge < -0.3 is 14.4 Å². The molecule has 164 valence electrons. The van der Waals surface area contributed by atoms with Gasteiger partial charge in [0.25, 0.3) is 5.89 Å². The summed E-state index contributed by atoms with van der Waals surface area (Å²) in [5.74, 6) is -3.59. The van der Waals surface area contributed by atoms with Crippen LogP contribution in [0.5, 0.6) is 0 Å². The van der Waals surface area contributed by atoms with Gasteiger partial charge >= 0.3 is 5.97 Å². The van der Waals surface area contributed by atoms with Gasteiger partial charge in [0.1, 0.15) is 11.6 Å². The molecule has 1 N–H and O–H groups in total. The molecule has 0 saturated carbocycles. The molecule has 0 radical (unpaired) electrons. The van der Waals surface area contributed by atoms with Gasteiger partial charge in [-0.3, -0.25) is 0 Å². The van der Waals surface area contributed by atoms with Crippen molar-refractivity contribution in [1.82, 2.24) is 10.1 Å². The zero-order valence-electron chi connectivity index (χ0n) is 17.4. The summed E-state index contributed by atoms with van der Waals surface area (Å²) in [5.41, 5.74) is 1.48. The Bertz CT molecular complexity index is 1230. The van der Waals surface area contributed by atoms with Crippen molar-refractivity contribution in [2.45, 2.75) is 13.3 Å². The standard InChI is InChI=1S/C24H20F2N2O4/c1-24(13-31-2)12-15(8-9-18(24)14-6-4-3-5-7-14)22-27-21(28-32-22)16-10-20(26)17(23(29)30)11-19(16)25/h3-11H,12-13H2,1-2H3,(H,29,30). The van der Waals surface area contributed by atoms with E-state index in [1.807, 2.05) is 42.5 Å². The summed E-state index contributed by atoms with van der Waals surface area (Å²) < 4.78 is 39.3. The first-order valence-electron chi connectivity index (χ1n) is 9.85. The number of carboxylic acid groups (broad SMARTS) is 1. The molecule has 1 atom stereocenters. The summed E-state index contributed by atoms with van der Waals surface area (Å²) in [6, 6.07) is 11.3. The fraction of sp³-hybridized carbons (Fsp3) is 0.208. The second-order valence-corrected chi connectivity index (χ2v) is 7.85. The van der Waals surface area contributed by atoms with E-state index < -0.39 is 23.2 Å². The monoisotopic (exact) mass is 438 g/mol. The maximum Gasteiger partial charge on any atom is 0.338 e. The van der Waals surface area contributed by atoms with Crippen LogP contribution in [0.4, 0.5) is 8.78 Å². The van der Waals surface area contributed by atoms with Gasteiger partial charge in [-0.1, -0.05) is 54.6 Å². The lowest BCUT2D eigenvalue weighted by molar-refractivity contribution is 0.0691. The molecular formula is C24H20F2N2O4. The lowest BCUT2D eigenvalue weighted by Crippen LogP contribution is -2.27. The molecule has 0 bridgehead atoms. The summed E-state index contributed by atoms with van der Waals surface area (Å²) in [5, 5.41) is 12.7. The summed E-state index contributed by atoms with van der Waals surface area (Å²) >= 11 is 0. The van der Waals surface area contributed by atoms with Crippen LogP contribution in [-0.4, -0.2) is 34.9 Å². The predicted molar refractivity (Wildman–Crippen MR) is 114 cm³/mol. The number of carbonyl (C=O) groups is 1. The Kier molecular flexibility index (Phi) is 5.71. The van der Waals surface area contributed by atoms with Crippen LogP contribution in [-0.2, 0) is 4.74 Å². The summed E-state index contributed by atoms with van der Waals surface area (Å²) in [6.45, 7) is 2.52. The molecule has 8 heteroatoms. The molecule has 1 heterocycles. The molecule has 0 amide bonds. The number of halogens is 2. The van der Waals surface area contributed by atoms with Crippen molar-refractivity contribution >= 4 is 17.1 Å². The van der Waals surface area contributed by atoms with Crippen molar-refractivity contribution in [2.24, 2.45) is 5.41 Å². The first-order valence-corrected chi connectivity index (χ1v) is 9.85. The number of hydrogen-bond acceptors (Lipinski definition) is 5. The second kappa shape index (κ2) is 8.47. The first-order chi connectivity index (χ1) is 15.3. The van der Waals surface area contributed by atoms with E-state index in [0.717, 1.165) is 22.8 Å². The Labute approximate surface area is 182 Å². The van der Waals surface area contributed by atoms with Crippen LogP contribution in [0, 0.1) is 17.0 Å². The number of allylic oxidation sites excluding steroid dienone is 3. The third-order valence-corrected chi connectivity index (χ3v) is 5.46. The number of methoxy groups -OCH3 is 1. The Morgan fingerprint density at radius 2 is 1.94 bits per heavy atom. The highest BCUT2D eigenvalue weighted by Crippen LogP contribution is 2.45. The molecular weight excluding hydrogens is 418 g/mol. The van der Waals surface area contributed by atoms with Gasteiger partial charge in [0.05, 0.1) is 17.7 Å². The minimum absolute atomic E-state index is 0.166. The van der Waals surface area contributed by atoms with Crippen LogP contribution < -0.4 is 0 Å². The molecule has 0 saturated heterocycles. The largest absolute Gasteiger partial charge is 0.478 e. The van der Waals surface area contributed by atoms with E-state index >= 15 is 0 Å². The molecule has 1 aliphatic rings. The maximum absolute atomic E-state index is 14.4. The number of aromatic nitrogens is 2. The van der Waals surface area contributed by atoms with Crippen LogP contribution >= 0.6 is 0 Å². The number of benzene rings is 2. The normalized spacial score (nSPS) is 18.2. The van der Waals surface area contributed by atoms with Crippen LogP contribution in [0.2, 0.25) is 0 Å². The molecule has 1 aromatic heterocycles. The van der Waals surface area contributed by atoms with Crippen molar-refractivity contribution in [3.05, 3.63) is 83.3 Å². The third kappa shape index (κ3) is 3.97. The van der Waals surface area contributed by atoms with Gasteiger partial charge in [0.15, 0.2) is 0 Å². The zero-order valence-corrected chi connectivity index (χ0v) is 17.4. The van der Waals surface area contributed by atoms with Crippen molar-refractivity contribution in [1.29, 1.82) is 0 Å². The molecule has 1 unspecified atom stereocenters. The summed E-state index contributed by atoms with van der Waals surface area (Å²) in [4.78, 5) is 15.2.